The molecule has 0 spiro atoms. The van der Waals surface area contributed by atoms with Crippen LogP contribution in [-0.2, 0) is 16.8 Å². The zero-order valence-electron chi connectivity index (χ0n) is 16.3. The van der Waals surface area contributed by atoms with E-state index in [1.54, 1.807) is 18.2 Å². The fraction of sp³-hybridized carbons (Fsp3) is 0.200. The Labute approximate surface area is 174 Å². The number of aromatic hydroxyl groups is 1. The van der Waals surface area contributed by atoms with Crippen LogP contribution in [0.2, 0.25) is 0 Å². The SMILES string of the molecule is Oc1nc(C2(c3ccc(F)cc3)CC(OCc3ccccc3)C2)nc2ccccc12. The normalized spacial score (nSPS) is 20.8. The van der Waals surface area contributed by atoms with E-state index in [0.717, 1.165) is 11.1 Å². The first-order valence-electron chi connectivity index (χ1n) is 10.0. The van der Waals surface area contributed by atoms with Gasteiger partial charge in [0, 0.05) is 0 Å². The molecule has 0 radical (unpaired) electrons. The van der Waals surface area contributed by atoms with Crippen LogP contribution in [0.4, 0.5) is 4.39 Å². The lowest BCUT2D eigenvalue weighted by molar-refractivity contribution is -0.0457. The van der Waals surface area contributed by atoms with Gasteiger partial charge in [-0.15, -0.1) is 0 Å². The van der Waals surface area contributed by atoms with E-state index in [1.165, 1.54) is 12.1 Å². The Morgan fingerprint density at radius 3 is 2.37 bits per heavy atom. The Hall–Kier alpha value is -3.31. The number of hydrogen-bond donors (Lipinski definition) is 1. The molecule has 5 heteroatoms. The molecule has 1 aliphatic carbocycles. The molecule has 3 aromatic carbocycles. The summed E-state index contributed by atoms with van der Waals surface area (Å²) in [6.45, 7) is 0.537. The number of aromatic nitrogens is 2. The summed E-state index contributed by atoms with van der Waals surface area (Å²) in [7, 11) is 0. The summed E-state index contributed by atoms with van der Waals surface area (Å²) in [5.41, 5.74) is 2.22. The summed E-state index contributed by atoms with van der Waals surface area (Å²) < 4.78 is 19.7. The lowest BCUT2D eigenvalue weighted by Crippen LogP contribution is -2.48. The maximum absolute atomic E-state index is 13.6. The Balaban J connectivity index is 1.47. The van der Waals surface area contributed by atoms with E-state index < -0.39 is 5.41 Å². The highest BCUT2D eigenvalue weighted by Crippen LogP contribution is 2.50. The van der Waals surface area contributed by atoms with Crippen LogP contribution in [0.3, 0.4) is 0 Å². The minimum Gasteiger partial charge on any atom is -0.493 e. The predicted molar refractivity (Wildman–Crippen MR) is 113 cm³/mol. The van der Waals surface area contributed by atoms with Gasteiger partial charge < -0.3 is 9.84 Å². The predicted octanol–water partition coefficient (Wildman–Crippen LogP) is 5.14. The van der Waals surface area contributed by atoms with E-state index in [4.69, 9.17) is 9.72 Å². The summed E-state index contributed by atoms with van der Waals surface area (Å²) in [6, 6.07) is 23.9. The van der Waals surface area contributed by atoms with Crippen molar-refractivity contribution < 1.29 is 14.2 Å². The molecule has 0 unspecified atom stereocenters. The van der Waals surface area contributed by atoms with Crippen molar-refractivity contribution in [3.05, 3.63) is 102 Å². The van der Waals surface area contributed by atoms with Gasteiger partial charge in [0.2, 0.25) is 5.88 Å². The Bertz CT molecular complexity index is 1170. The molecule has 0 amide bonds. The van der Waals surface area contributed by atoms with Crippen molar-refractivity contribution in [1.29, 1.82) is 0 Å². The quantitative estimate of drug-likeness (QED) is 0.504. The highest BCUT2D eigenvalue weighted by atomic mass is 19.1. The van der Waals surface area contributed by atoms with E-state index in [-0.39, 0.29) is 17.8 Å². The molecule has 1 fully saturated rings. The van der Waals surface area contributed by atoms with E-state index in [2.05, 4.69) is 4.98 Å². The van der Waals surface area contributed by atoms with E-state index in [0.29, 0.717) is 36.2 Å². The topological polar surface area (TPSA) is 55.2 Å². The number of rotatable bonds is 5. The van der Waals surface area contributed by atoms with Gasteiger partial charge in [-0.1, -0.05) is 54.6 Å². The Kier molecular flexibility index (Phi) is 4.68. The maximum Gasteiger partial charge on any atom is 0.222 e. The molecule has 1 aliphatic rings. The van der Waals surface area contributed by atoms with Crippen LogP contribution >= 0.6 is 0 Å². The molecule has 4 nitrogen and oxygen atoms in total. The van der Waals surface area contributed by atoms with Crippen LogP contribution in [0.5, 0.6) is 5.88 Å². The van der Waals surface area contributed by atoms with E-state index >= 15 is 0 Å². The molecular formula is C25H21FN2O2. The molecule has 150 valence electrons. The zero-order chi connectivity index (χ0) is 20.6. The third-order valence-corrected chi connectivity index (χ3v) is 5.89. The summed E-state index contributed by atoms with van der Waals surface area (Å²) in [5, 5.41) is 11.1. The lowest BCUT2D eigenvalue weighted by Gasteiger charge is -2.46. The number of para-hydroxylation sites is 1. The monoisotopic (exact) mass is 400 g/mol. The molecule has 0 bridgehead atoms. The largest absolute Gasteiger partial charge is 0.493 e. The first-order chi connectivity index (χ1) is 14.6. The minimum absolute atomic E-state index is 0.0347. The van der Waals surface area contributed by atoms with Crippen molar-refractivity contribution in [3.8, 4) is 5.88 Å². The van der Waals surface area contributed by atoms with Gasteiger partial charge in [0.25, 0.3) is 0 Å². The van der Waals surface area contributed by atoms with Gasteiger partial charge >= 0.3 is 0 Å². The molecule has 1 aromatic heterocycles. The average molecular weight is 400 g/mol. The van der Waals surface area contributed by atoms with E-state index in [9.17, 15) is 9.50 Å². The Morgan fingerprint density at radius 2 is 1.60 bits per heavy atom. The standard InChI is InChI=1S/C25H21FN2O2/c26-19-12-10-18(11-13-19)25(14-20(15-25)30-16-17-6-2-1-3-7-17)24-27-22-9-5-4-8-21(22)23(29)28-24/h1-13,20H,14-16H2,(H,27,28,29). The molecule has 30 heavy (non-hydrogen) atoms. The Morgan fingerprint density at radius 1 is 0.900 bits per heavy atom. The van der Waals surface area contributed by atoms with Crippen LogP contribution in [0.25, 0.3) is 10.9 Å². The van der Waals surface area contributed by atoms with Crippen molar-refractivity contribution in [3.63, 3.8) is 0 Å². The van der Waals surface area contributed by atoms with Crippen molar-refractivity contribution in [2.45, 2.75) is 31.0 Å². The van der Waals surface area contributed by atoms with Crippen LogP contribution in [0.15, 0.2) is 78.9 Å². The molecule has 1 saturated carbocycles. The summed E-state index contributed by atoms with van der Waals surface area (Å²) in [5.74, 6) is 0.225. The molecule has 0 aliphatic heterocycles. The number of ether oxygens (including phenoxy) is 1. The first-order valence-corrected chi connectivity index (χ1v) is 10.0. The third kappa shape index (κ3) is 3.31. The van der Waals surface area contributed by atoms with Gasteiger partial charge in [-0.3, -0.25) is 0 Å². The van der Waals surface area contributed by atoms with Gasteiger partial charge in [-0.25, -0.2) is 9.37 Å². The molecule has 0 saturated heterocycles. The first kappa shape index (κ1) is 18.7. The zero-order valence-corrected chi connectivity index (χ0v) is 16.3. The second-order valence-corrected chi connectivity index (χ2v) is 7.80. The second kappa shape index (κ2) is 7.50. The number of nitrogens with zero attached hydrogens (tertiary/aromatic N) is 2. The van der Waals surface area contributed by atoms with Crippen molar-refractivity contribution in [2.75, 3.05) is 0 Å². The second-order valence-electron chi connectivity index (χ2n) is 7.80. The fourth-order valence-corrected chi connectivity index (χ4v) is 4.21. The average Bonchev–Trinajstić information content (AvgIpc) is 2.75. The highest BCUT2D eigenvalue weighted by Gasteiger charge is 2.50. The number of hydrogen-bond acceptors (Lipinski definition) is 4. The van der Waals surface area contributed by atoms with Crippen LogP contribution in [0.1, 0.15) is 29.8 Å². The molecule has 0 atom stereocenters. The number of halogens is 1. The fourth-order valence-electron chi connectivity index (χ4n) is 4.21. The third-order valence-electron chi connectivity index (χ3n) is 5.89. The number of fused-ring (bicyclic) bond motifs is 1. The van der Waals surface area contributed by atoms with Crippen molar-refractivity contribution in [2.24, 2.45) is 0 Å². The summed E-state index contributed by atoms with van der Waals surface area (Å²) >= 11 is 0. The van der Waals surface area contributed by atoms with Gasteiger partial charge in [-0.05, 0) is 48.2 Å². The van der Waals surface area contributed by atoms with Gasteiger partial charge in [-0.2, -0.15) is 4.98 Å². The van der Waals surface area contributed by atoms with E-state index in [1.807, 2.05) is 48.5 Å². The number of benzene rings is 3. The molecule has 5 rings (SSSR count). The minimum atomic E-state index is -0.517. The molecule has 1 heterocycles. The smallest absolute Gasteiger partial charge is 0.222 e. The summed E-state index contributed by atoms with van der Waals surface area (Å²) in [6.07, 6.45) is 1.37. The van der Waals surface area contributed by atoms with Crippen LogP contribution < -0.4 is 0 Å². The van der Waals surface area contributed by atoms with Crippen molar-refractivity contribution in [1.82, 2.24) is 9.97 Å². The summed E-state index contributed by atoms with van der Waals surface area (Å²) in [4.78, 5) is 9.20. The van der Waals surface area contributed by atoms with Gasteiger partial charge in [0.1, 0.15) is 11.6 Å². The van der Waals surface area contributed by atoms with Crippen molar-refractivity contribution >= 4 is 10.9 Å². The van der Waals surface area contributed by atoms with Gasteiger partial charge in [0.15, 0.2) is 0 Å². The molecule has 1 N–H and O–H groups in total. The highest BCUT2D eigenvalue weighted by molar-refractivity contribution is 5.83. The van der Waals surface area contributed by atoms with Crippen LogP contribution in [0, 0.1) is 5.82 Å². The lowest BCUT2D eigenvalue weighted by atomic mass is 9.62. The van der Waals surface area contributed by atoms with Gasteiger partial charge in [0.05, 0.1) is 29.0 Å². The molecular weight excluding hydrogens is 379 g/mol. The maximum atomic E-state index is 13.6. The molecule has 4 aromatic rings. The van der Waals surface area contributed by atoms with Crippen LogP contribution in [-0.4, -0.2) is 21.2 Å².